The van der Waals surface area contributed by atoms with Crippen LogP contribution in [0.15, 0.2) is 24.3 Å². The van der Waals surface area contributed by atoms with Crippen LogP contribution in [0.25, 0.3) is 0 Å². The molecule has 1 aromatic carbocycles. The van der Waals surface area contributed by atoms with Crippen LogP contribution in [0, 0.1) is 0 Å². The Labute approximate surface area is 137 Å². The average Bonchev–Trinajstić information content (AvgIpc) is 2.55. The minimum Gasteiger partial charge on any atom is -0.471 e. The number of carbonyl (C=O) groups excluding carboxylic acids is 2. The van der Waals surface area contributed by atoms with Crippen LogP contribution in [0.5, 0.6) is 5.75 Å². The van der Waals surface area contributed by atoms with Crippen molar-refractivity contribution >= 4 is 12.4 Å². The quantitative estimate of drug-likeness (QED) is 0.667. The monoisotopic (exact) mass is 319 g/mol. The molecule has 0 aliphatic carbocycles. The van der Waals surface area contributed by atoms with E-state index < -0.39 is 6.23 Å². The third-order valence-electron chi connectivity index (χ3n) is 3.94. The van der Waals surface area contributed by atoms with Crippen LogP contribution >= 0.6 is 0 Å². The second-order valence-electron chi connectivity index (χ2n) is 6.06. The van der Waals surface area contributed by atoms with Crippen molar-refractivity contribution in [1.82, 2.24) is 15.1 Å². The molecular weight excluding hydrogens is 294 g/mol. The van der Waals surface area contributed by atoms with E-state index in [-0.39, 0.29) is 6.03 Å². The Morgan fingerprint density at radius 3 is 2.26 bits per heavy atom. The molecule has 3 amide bonds. The van der Waals surface area contributed by atoms with Gasteiger partial charge in [-0.25, -0.2) is 4.79 Å². The Bertz CT molecular complexity index is 522. The van der Waals surface area contributed by atoms with Crippen LogP contribution in [0.3, 0.4) is 0 Å². The van der Waals surface area contributed by atoms with Gasteiger partial charge in [0.05, 0.1) is 0 Å². The summed E-state index contributed by atoms with van der Waals surface area (Å²) in [5.74, 6) is 1.21. The average molecular weight is 319 g/mol. The largest absolute Gasteiger partial charge is 0.471 e. The highest BCUT2D eigenvalue weighted by atomic mass is 16.5. The predicted octanol–water partition coefficient (Wildman–Crippen LogP) is 2.02. The van der Waals surface area contributed by atoms with Crippen LogP contribution in [-0.2, 0) is 4.79 Å². The molecule has 1 heterocycles. The second kappa shape index (κ2) is 7.85. The summed E-state index contributed by atoms with van der Waals surface area (Å²) in [6.07, 6.45) is 0.401. The molecule has 0 radical (unpaired) electrons. The van der Waals surface area contributed by atoms with Gasteiger partial charge < -0.3 is 19.9 Å². The smallest absolute Gasteiger partial charge is 0.320 e. The summed E-state index contributed by atoms with van der Waals surface area (Å²) in [5, 5.41) is 2.83. The zero-order valence-electron chi connectivity index (χ0n) is 14.0. The van der Waals surface area contributed by atoms with Gasteiger partial charge in [0.1, 0.15) is 5.75 Å². The van der Waals surface area contributed by atoms with E-state index in [1.807, 2.05) is 24.3 Å². The third kappa shape index (κ3) is 4.87. The fourth-order valence-electron chi connectivity index (χ4n) is 2.46. The summed E-state index contributed by atoms with van der Waals surface area (Å²) >= 11 is 0. The van der Waals surface area contributed by atoms with Gasteiger partial charge in [-0.05, 0) is 30.5 Å². The topological polar surface area (TPSA) is 61.9 Å². The molecule has 1 atom stereocenters. The maximum absolute atomic E-state index is 12.2. The summed E-state index contributed by atoms with van der Waals surface area (Å²) in [7, 11) is 0. The van der Waals surface area contributed by atoms with E-state index in [2.05, 4.69) is 19.2 Å². The molecule has 0 saturated carbocycles. The van der Waals surface area contributed by atoms with E-state index in [9.17, 15) is 9.59 Å². The number of hydrogen-bond donors (Lipinski definition) is 1. The first-order valence-electron chi connectivity index (χ1n) is 8.01. The van der Waals surface area contributed by atoms with Crippen molar-refractivity contribution in [2.45, 2.75) is 32.9 Å². The Morgan fingerprint density at radius 2 is 1.74 bits per heavy atom. The zero-order valence-corrected chi connectivity index (χ0v) is 14.0. The van der Waals surface area contributed by atoms with Crippen molar-refractivity contribution in [3.05, 3.63) is 29.8 Å². The highest BCUT2D eigenvalue weighted by Gasteiger charge is 2.21. The van der Waals surface area contributed by atoms with E-state index in [1.54, 1.807) is 16.7 Å². The Balaban J connectivity index is 1.81. The molecule has 0 spiro atoms. The standard InChI is InChI=1S/C17H25N3O3/c1-13(2)15-4-6-16(7-5-15)23-14(3)18-17(22)20-10-8-19(12-21)9-11-20/h4-7,12-14H,8-11H2,1-3H3,(H,18,22). The Kier molecular flexibility index (Phi) is 5.84. The van der Waals surface area contributed by atoms with Gasteiger partial charge in [-0.15, -0.1) is 0 Å². The lowest BCUT2D eigenvalue weighted by Crippen LogP contribution is -2.53. The van der Waals surface area contributed by atoms with Crippen LogP contribution in [0.1, 0.15) is 32.3 Å². The lowest BCUT2D eigenvalue weighted by molar-refractivity contribution is -0.119. The summed E-state index contributed by atoms with van der Waals surface area (Å²) in [5.41, 5.74) is 1.25. The molecule has 1 aliphatic rings. The number of hydrogen-bond acceptors (Lipinski definition) is 3. The van der Waals surface area contributed by atoms with Crippen LogP contribution < -0.4 is 10.1 Å². The van der Waals surface area contributed by atoms with E-state index in [0.29, 0.717) is 32.1 Å². The van der Waals surface area contributed by atoms with Crippen LogP contribution in [0.4, 0.5) is 4.79 Å². The minimum atomic E-state index is -0.420. The Hall–Kier alpha value is -2.24. The van der Waals surface area contributed by atoms with E-state index in [1.165, 1.54) is 5.56 Å². The van der Waals surface area contributed by atoms with Gasteiger partial charge in [0.2, 0.25) is 6.41 Å². The number of benzene rings is 1. The number of ether oxygens (including phenoxy) is 1. The molecule has 1 aromatic rings. The molecule has 2 rings (SSSR count). The molecule has 1 fully saturated rings. The molecule has 1 N–H and O–H groups in total. The SMILES string of the molecule is CC(NC(=O)N1CCN(C=O)CC1)Oc1ccc(C(C)C)cc1. The normalized spacial score (nSPS) is 16.2. The number of rotatable bonds is 5. The van der Waals surface area contributed by atoms with Crippen molar-refractivity contribution < 1.29 is 14.3 Å². The van der Waals surface area contributed by atoms with Crippen molar-refractivity contribution in [3.8, 4) is 5.75 Å². The van der Waals surface area contributed by atoms with E-state index >= 15 is 0 Å². The summed E-state index contributed by atoms with van der Waals surface area (Å²) in [4.78, 5) is 26.2. The lowest BCUT2D eigenvalue weighted by Gasteiger charge is -2.33. The molecule has 0 bridgehead atoms. The lowest BCUT2D eigenvalue weighted by atomic mass is 10.0. The van der Waals surface area contributed by atoms with Crippen molar-refractivity contribution in [2.24, 2.45) is 0 Å². The number of urea groups is 1. The van der Waals surface area contributed by atoms with E-state index in [0.717, 1.165) is 12.2 Å². The summed E-state index contributed by atoms with van der Waals surface area (Å²) in [6.45, 7) is 8.31. The minimum absolute atomic E-state index is 0.165. The number of carbonyl (C=O) groups is 2. The molecule has 1 saturated heterocycles. The van der Waals surface area contributed by atoms with E-state index in [4.69, 9.17) is 4.74 Å². The second-order valence-corrected chi connectivity index (χ2v) is 6.06. The molecule has 23 heavy (non-hydrogen) atoms. The molecular formula is C17H25N3O3. The van der Waals surface area contributed by atoms with Gasteiger partial charge in [0.15, 0.2) is 6.23 Å². The van der Waals surface area contributed by atoms with Crippen molar-refractivity contribution in [2.75, 3.05) is 26.2 Å². The summed E-state index contributed by atoms with van der Waals surface area (Å²) < 4.78 is 5.73. The fourth-order valence-corrected chi connectivity index (χ4v) is 2.46. The molecule has 1 unspecified atom stereocenters. The Morgan fingerprint density at radius 1 is 1.13 bits per heavy atom. The predicted molar refractivity (Wildman–Crippen MR) is 88.4 cm³/mol. The maximum Gasteiger partial charge on any atom is 0.320 e. The third-order valence-corrected chi connectivity index (χ3v) is 3.94. The molecule has 1 aliphatic heterocycles. The molecule has 126 valence electrons. The number of nitrogens with one attached hydrogen (secondary N) is 1. The van der Waals surface area contributed by atoms with Crippen LogP contribution in [0.2, 0.25) is 0 Å². The number of nitrogens with zero attached hydrogens (tertiary/aromatic N) is 2. The first-order chi connectivity index (χ1) is 11.0. The first-order valence-corrected chi connectivity index (χ1v) is 8.01. The van der Waals surface area contributed by atoms with Gasteiger partial charge >= 0.3 is 6.03 Å². The summed E-state index contributed by atoms with van der Waals surface area (Å²) in [6, 6.07) is 7.74. The van der Waals surface area contributed by atoms with Crippen LogP contribution in [-0.4, -0.2) is 54.6 Å². The fraction of sp³-hybridized carbons (Fsp3) is 0.529. The van der Waals surface area contributed by atoms with Crippen molar-refractivity contribution in [1.29, 1.82) is 0 Å². The van der Waals surface area contributed by atoms with Gasteiger partial charge in [-0.1, -0.05) is 26.0 Å². The first kappa shape index (κ1) is 17.1. The van der Waals surface area contributed by atoms with Crippen molar-refractivity contribution in [3.63, 3.8) is 0 Å². The van der Waals surface area contributed by atoms with Gasteiger partial charge in [0, 0.05) is 26.2 Å². The van der Waals surface area contributed by atoms with Gasteiger partial charge in [-0.2, -0.15) is 0 Å². The number of piperazine rings is 1. The maximum atomic E-state index is 12.2. The van der Waals surface area contributed by atoms with Gasteiger partial charge in [0.25, 0.3) is 0 Å². The highest BCUT2D eigenvalue weighted by molar-refractivity contribution is 5.74. The molecule has 6 nitrogen and oxygen atoms in total. The number of amides is 3. The molecule has 6 heteroatoms. The van der Waals surface area contributed by atoms with Gasteiger partial charge in [-0.3, -0.25) is 4.79 Å². The highest BCUT2D eigenvalue weighted by Crippen LogP contribution is 2.19. The zero-order chi connectivity index (χ0) is 16.8. The molecule has 0 aromatic heterocycles.